The highest BCUT2D eigenvalue weighted by Crippen LogP contribution is 2.25. The van der Waals surface area contributed by atoms with Crippen LogP contribution in [0.2, 0.25) is 0 Å². The van der Waals surface area contributed by atoms with E-state index in [2.05, 4.69) is 4.98 Å². The second-order valence-electron chi connectivity index (χ2n) is 3.98. The van der Waals surface area contributed by atoms with Crippen molar-refractivity contribution in [2.45, 2.75) is 5.88 Å². The van der Waals surface area contributed by atoms with Gasteiger partial charge in [-0.3, -0.25) is 0 Å². The number of hydrogen-bond donors (Lipinski definition) is 0. The number of halogens is 2. The van der Waals surface area contributed by atoms with Crippen molar-refractivity contribution in [3.63, 3.8) is 0 Å². The van der Waals surface area contributed by atoms with Crippen LogP contribution in [0, 0.1) is 5.82 Å². The minimum absolute atomic E-state index is 0.255. The Hall–Kier alpha value is -1.87. The van der Waals surface area contributed by atoms with Crippen LogP contribution < -0.4 is 0 Å². The van der Waals surface area contributed by atoms with Gasteiger partial charge in [0.2, 0.25) is 0 Å². The van der Waals surface area contributed by atoms with E-state index in [0.717, 1.165) is 22.6 Å². The van der Waals surface area contributed by atoms with Crippen LogP contribution in [-0.2, 0) is 5.88 Å². The third-order valence-electron chi connectivity index (χ3n) is 2.87. The maximum absolute atomic E-state index is 12.9. The van der Waals surface area contributed by atoms with E-state index in [1.165, 1.54) is 12.1 Å². The predicted octanol–water partition coefficient (Wildman–Crippen LogP) is 3.88. The van der Waals surface area contributed by atoms with Gasteiger partial charge in [0.05, 0.1) is 17.3 Å². The Bertz CT molecular complexity index is 689. The maximum Gasteiger partial charge on any atom is 0.137 e. The lowest BCUT2D eigenvalue weighted by molar-refractivity contribution is 0.628. The summed E-state index contributed by atoms with van der Waals surface area (Å²) in [6.45, 7) is 0. The molecule has 0 N–H and O–H groups in total. The third kappa shape index (κ3) is 1.77. The lowest BCUT2D eigenvalue weighted by atomic mass is 10.1. The van der Waals surface area contributed by atoms with E-state index < -0.39 is 0 Å². The van der Waals surface area contributed by atoms with Crippen molar-refractivity contribution in [2.24, 2.45) is 0 Å². The molecule has 0 spiro atoms. The van der Waals surface area contributed by atoms with Crippen LogP contribution in [0.3, 0.4) is 0 Å². The molecule has 0 aliphatic carbocycles. The number of aromatic nitrogens is 2. The molecule has 90 valence electrons. The molecule has 2 nitrogen and oxygen atoms in total. The number of imidazole rings is 1. The van der Waals surface area contributed by atoms with Crippen LogP contribution >= 0.6 is 11.6 Å². The van der Waals surface area contributed by atoms with Gasteiger partial charge >= 0.3 is 0 Å². The van der Waals surface area contributed by atoms with E-state index in [9.17, 15) is 4.39 Å². The molecule has 0 amide bonds. The van der Waals surface area contributed by atoms with Crippen LogP contribution in [0.5, 0.6) is 0 Å². The Kier molecular flexibility index (Phi) is 2.76. The van der Waals surface area contributed by atoms with Crippen molar-refractivity contribution in [3.05, 3.63) is 60.2 Å². The zero-order chi connectivity index (χ0) is 12.5. The summed E-state index contributed by atoms with van der Waals surface area (Å²) in [5.41, 5.74) is 3.43. The molecular formula is C14H10ClFN2. The lowest BCUT2D eigenvalue weighted by Gasteiger charge is -2.01. The molecule has 3 rings (SSSR count). The summed E-state index contributed by atoms with van der Waals surface area (Å²) in [6.07, 6.45) is 1.92. The Labute approximate surface area is 109 Å². The zero-order valence-corrected chi connectivity index (χ0v) is 10.2. The van der Waals surface area contributed by atoms with Crippen molar-refractivity contribution in [1.82, 2.24) is 9.38 Å². The first-order valence-corrected chi connectivity index (χ1v) is 6.11. The fraction of sp³-hybridized carbons (Fsp3) is 0.0714. The number of hydrogen-bond acceptors (Lipinski definition) is 1. The molecule has 0 bridgehead atoms. The average Bonchev–Trinajstić information content (AvgIpc) is 2.78. The molecule has 2 aromatic heterocycles. The van der Waals surface area contributed by atoms with Gasteiger partial charge in [-0.25, -0.2) is 9.37 Å². The van der Waals surface area contributed by atoms with E-state index in [1.807, 2.05) is 28.8 Å². The molecule has 0 aliphatic rings. The summed E-state index contributed by atoms with van der Waals surface area (Å²) in [4.78, 5) is 4.54. The summed E-state index contributed by atoms with van der Waals surface area (Å²) < 4.78 is 14.9. The number of alkyl halides is 1. The average molecular weight is 261 g/mol. The highest BCUT2D eigenvalue weighted by molar-refractivity contribution is 6.17. The minimum atomic E-state index is -0.255. The van der Waals surface area contributed by atoms with Gasteiger partial charge in [-0.05, 0) is 36.4 Å². The highest BCUT2D eigenvalue weighted by atomic mass is 35.5. The Balaban J connectivity index is 2.25. The largest absolute Gasteiger partial charge is 0.302 e. The summed E-state index contributed by atoms with van der Waals surface area (Å²) in [5, 5.41) is 0. The molecule has 18 heavy (non-hydrogen) atoms. The normalized spacial score (nSPS) is 11.0. The van der Waals surface area contributed by atoms with E-state index in [-0.39, 0.29) is 5.82 Å². The monoisotopic (exact) mass is 260 g/mol. The number of benzene rings is 1. The maximum atomic E-state index is 12.9. The van der Waals surface area contributed by atoms with Crippen molar-refractivity contribution < 1.29 is 4.39 Å². The SMILES string of the molecule is Fc1ccc(-c2nc3ccccn3c2CCl)cc1. The highest BCUT2D eigenvalue weighted by Gasteiger charge is 2.12. The fourth-order valence-corrected chi connectivity index (χ4v) is 2.27. The van der Waals surface area contributed by atoms with Gasteiger partial charge in [-0.1, -0.05) is 6.07 Å². The van der Waals surface area contributed by atoms with Gasteiger partial charge < -0.3 is 4.40 Å². The molecule has 0 unspecified atom stereocenters. The van der Waals surface area contributed by atoms with Crippen molar-refractivity contribution in [3.8, 4) is 11.3 Å². The van der Waals surface area contributed by atoms with Gasteiger partial charge in [0.15, 0.2) is 0 Å². The topological polar surface area (TPSA) is 17.3 Å². The first-order chi connectivity index (χ1) is 8.79. The summed E-state index contributed by atoms with van der Waals surface area (Å²) in [7, 11) is 0. The lowest BCUT2D eigenvalue weighted by Crippen LogP contribution is -1.90. The van der Waals surface area contributed by atoms with E-state index in [4.69, 9.17) is 11.6 Å². The first-order valence-electron chi connectivity index (χ1n) is 5.57. The van der Waals surface area contributed by atoms with Crippen LogP contribution in [-0.4, -0.2) is 9.38 Å². The standard InChI is InChI=1S/C14H10ClFN2/c15-9-12-14(10-4-6-11(16)7-5-10)17-13-3-1-2-8-18(12)13/h1-8H,9H2. The Morgan fingerprint density at radius 2 is 1.89 bits per heavy atom. The quantitative estimate of drug-likeness (QED) is 0.639. The van der Waals surface area contributed by atoms with Gasteiger partial charge in [-0.2, -0.15) is 0 Å². The third-order valence-corrected chi connectivity index (χ3v) is 3.13. The van der Waals surface area contributed by atoms with Crippen molar-refractivity contribution >= 4 is 17.2 Å². The number of rotatable bonds is 2. The van der Waals surface area contributed by atoms with Gasteiger partial charge in [-0.15, -0.1) is 11.6 Å². The molecule has 0 radical (unpaired) electrons. The van der Waals surface area contributed by atoms with Crippen molar-refractivity contribution in [2.75, 3.05) is 0 Å². The number of nitrogens with zero attached hydrogens (tertiary/aromatic N) is 2. The molecule has 0 atom stereocenters. The van der Waals surface area contributed by atoms with Gasteiger partial charge in [0, 0.05) is 11.8 Å². The molecule has 0 aliphatic heterocycles. The van der Waals surface area contributed by atoms with Crippen LogP contribution in [0.1, 0.15) is 5.69 Å². The number of pyridine rings is 1. The zero-order valence-electron chi connectivity index (χ0n) is 9.48. The Morgan fingerprint density at radius 1 is 1.11 bits per heavy atom. The molecule has 3 aromatic rings. The molecule has 2 heterocycles. The van der Waals surface area contributed by atoms with E-state index >= 15 is 0 Å². The Morgan fingerprint density at radius 3 is 2.61 bits per heavy atom. The summed E-state index contributed by atoms with van der Waals surface area (Å²) in [6, 6.07) is 12.1. The summed E-state index contributed by atoms with van der Waals surface area (Å²) >= 11 is 6.00. The van der Waals surface area contributed by atoms with Gasteiger partial charge in [0.25, 0.3) is 0 Å². The van der Waals surface area contributed by atoms with Gasteiger partial charge in [0.1, 0.15) is 11.5 Å². The number of fused-ring (bicyclic) bond motifs is 1. The smallest absolute Gasteiger partial charge is 0.137 e. The second-order valence-corrected chi connectivity index (χ2v) is 4.24. The molecule has 0 saturated carbocycles. The van der Waals surface area contributed by atoms with Crippen LogP contribution in [0.4, 0.5) is 4.39 Å². The predicted molar refractivity (Wildman–Crippen MR) is 70.1 cm³/mol. The van der Waals surface area contributed by atoms with Crippen molar-refractivity contribution in [1.29, 1.82) is 0 Å². The molecule has 4 heteroatoms. The summed E-state index contributed by atoms with van der Waals surface area (Å²) in [5.74, 6) is 0.104. The van der Waals surface area contributed by atoms with E-state index in [0.29, 0.717) is 5.88 Å². The molecule has 0 fully saturated rings. The minimum Gasteiger partial charge on any atom is -0.302 e. The van der Waals surface area contributed by atoms with Crippen LogP contribution in [0.25, 0.3) is 16.9 Å². The molecule has 0 saturated heterocycles. The first kappa shape index (κ1) is 11.2. The van der Waals surface area contributed by atoms with E-state index in [1.54, 1.807) is 12.1 Å². The van der Waals surface area contributed by atoms with Crippen LogP contribution in [0.15, 0.2) is 48.7 Å². The molecular weight excluding hydrogens is 251 g/mol. The second kappa shape index (κ2) is 4.42. The molecule has 1 aromatic carbocycles. The fourth-order valence-electron chi connectivity index (χ4n) is 2.01.